The zero-order valence-corrected chi connectivity index (χ0v) is 22.9. The predicted molar refractivity (Wildman–Crippen MR) is 151 cm³/mol. The van der Waals surface area contributed by atoms with E-state index in [1.165, 1.54) is 0 Å². The Kier molecular flexibility index (Phi) is 7.06. The zero-order valence-electron chi connectivity index (χ0n) is 22.1. The van der Waals surface area contributed by atoms with E-state index in [1.807, 2.05) is 60.1 Å². The van der Waals surface area contributed by atoms with E-state index in [4.69, 9.17) is 16.0 Å². The topological polar surface area (TPSA) is 92.8 Å². The molecule has 200 valence electrons. The Hall–Kier alpha value is -3.75. The Morgan fingerprint density at radius 1 is 1.08 bits per heavy atom. The highest BCUT2D eigenvalue weighted by molar-refractivity contribution is 6.30. The van der Waals surface area contributed by atoms with Gasteiger partial charge in [0.25, 0.3) is 5.56 Å². The number of benzene rings is 2. The van der Waals surface area contributed by atoms with E-state index in [1.54, 1.807) is 6.26 Å². The number of nitrogens with zero attached hydrogens (tertiary/aromatic N) is 5. The molecule has 6 rings (SSSR count). The minimum atomic E-state index is -0.519. The average Bonchev–Trinajstić information content (AvgIpc) is 3.72. The lowest BCUT2D eigenvalue weighted by Gasteiger charge is -2.31. The van der Waals surface area contributed by atoms with E-state index in [-0.39, 0.29) is 11.6 Å². The Labute approximate surface area is 231 Å². The zero-order chi connectivity index (χ0) is 26.9. The number of aryl methyl sites for hydroxylation is 2. The van der Waals surface area contributed by atoms with Gasteiger partial charge in [0.15, 0.2) is 5.82 Å². The number of pyridine rings is 1. The van der Waals surface area contributed by atoms with Crippen LogP contribution in [0.4, 0.5) is 0 Å². The molecule has 1 atom stereocenters. The molecule has 8 nitrogen and oxygen atoms in total. The van der Waals surface area contributed by atoms with Gasteiger partial charge in [-0.05, 0) is 84.1 Å². The summed E-state index contributed by atoms with van der Waals surface area (Å²) in [4.78, 5) is 19.3. The first-order chi connectivity index (χ1) is 19.0. The molecule has 1 fully saturated rings. The fourth-order valence-electron chi connectivity index (χ4n) is 5.75. The van der Waals surface area contributed by atoms with Crippen LogP contribution in [0, 0.1) is 13.8 Å². The van der Waals surface area contributed by atoms with Crippen molar-refractivity contribution in [2.75, 3.05) is 0 Å². The second-order valence-corrected chi connectivity index (χ2v) is 10.9. The fourth-order valence-corrected chi connectivity index (χ4v) is 5.87. The van der Waals surface area contributed by atoms with Crippen LogP contribution in [0.2, 0.25) is 5.02 Å². The number of fused-ring (bicyclic) bond motifs is 1. The number of rotatable bonds is 8. The highest BCUT2D eigenvalue weighted by Gasteiger charge is 2.34. The third-order valence-electron chi connectivity index (χ3n) is 7.80. The molecule has 0 unspecified atom stereocenters. The van der Waals surface area contributed by atoms with Crippen molar-refractivity contribution in [3.63, 3.8) is 0 Å². The molecule has 5 aromatic rings. The third-order valence-corrected chi connectivity index (χ3v) is 8.06. The van der Waals surface area contributed by atoms with Gasteiger partial charge in [0.1, 0.15) is 11.8 Å². The van der Waals surface area contributed by atoms with Crippen LogP contribution < -0.4 is 5.56 Å². The molecule has 0 spiro atoms. The van der Waals surface area contributed by atoms with Crippen molar-refractivity contribution in [2.45, 2.75) is 64.7 Å². The number of nitrogens with one attached hydrogen (secondary N) is 1. The standard InChI is InChI=1S/C30H31ClN6O2/c1-19-9-10-20(2)27-25(19)16-26(30(38)32-27)28(29-33-34-35-37(29)23-6-3-4-7-23)36(18-24-8-5-15-39-24)17-21-11-13-22(31)14-12-21/h5,8-16,23,28H,3-4,6-7,17-18H2,1-2H3,(H,32,38)/t28-/m1/s1. The van der Waals surface area contributed by atoms with E-state index >= 15 is 0 Å². The van der Waals surface area contributed by atoms with E-state index in [9.17, 15) is 4.79 Å². The molecule has 1 N–H and O–H groups in total. The van der Waals surface area contributed by atoms with Gasteiger partial charge in [-0.2, -0.15) is 0 Å². The van der Waals surface area contributed by atoms with Crippen molar-refractivity contribution in [3.8, 4) is 0 Å². The molecule has 0 amide bonds. The first-order valence-electron chi connectivity index (χ1n) is 13.4. The van der Waals surface area contributed by atoms with Crippen molar-refractivity contribution in [3.05, 3.63) is 110 Å². The average molecular weight is 543 g/mol. The second kappa shape index (κ2) is 10.8. The van der Waals surface area contributed by atoms with Gasteiger partial charge in [0.2, 0.25) is 0 Å². The summed E-state index contributed by atoms with van der Waals surface area (Å²) in [7, 11) is 0. The smallest absolute Gasteiger partial charge is 0.253 e. The van der Waals surface area contributed by atoms with Crippen molar-refractivity contribution in [2.24, 2.45) is 0 Å². The highest BCUT2D eigenvalue weighted by atomic mass is 35.5. The fraction of sp³-hybridized carbons (Fsp3) is 0.333. The molecule has 1 aliphatic rings. The van der Waals surface area contributed by atoms with Crippen molar-refractivity contribution < 1.29 is 4.42 Å². The van der Waals surface area contributed by atoms with Crippen molar-refractivity contribution in [1.29, 1.82) is 0 Å². The molecule has 39 heavy (non-hydrogen) atoms. The number of hydrogen-bond acceptors (Lipinski definition) is 6. The van der Waals surface area contributed by atoms with Gasteiger partial charge in [0.05, 0.1) is 24.4 Å². The number of aromatic nitrogens is 5. The Bertz CT molecular complexity index is 1630. The molecule has 1 saturated carbocycles. The minimum absolute atomic E-state index is 0.150. The van der Waals surface area contributed by atoms with Crippen LogP contribution in [-0.2, 0) is 13.1 Å². The van der Waals surface area contributed by atoms with E-state index in [0.717, 1.165) is 59.0 Å². The molecule has 0 bridgehead atoms. The van der Waals surface area contributed by atoms with Gasteiger partial charge in [-0.15, -0.1) is 5.10 Å². The summed E-state index contributed by atoms with van der Waals surface area (Å²) in [5, 5.41) is 14.8. The van der Waals surface area contributed by atoms with Crippen LogP contribution >= 0.6 is 11.6 Å². The maximum Gasteiger partial charge on any atom is 0.253 e. The van der Waals surface area contributed by atoms with Gasteiger partial charge >= 0.3 is 0 Å². The summed E-state index contributed by atoms with van der Waals surface area (Å²) in [6.45, 7) is 5.07. The molecule has 3 aromatic heterocycles. The molecular formula is C30H31ClN6O2. The first-order valence-corrected chi connectivity index (χ1v) is 13.8. The number of tetrazole rings is 1. The van der Waals surface area contributed by atoms with Crippen molar-refractivity contribution in [1.82, 2.24) is 30.1 Å². The van der Waals surface area contributed by atoms with Crippen LogP contribution in [0.1, 0.15) is 71.6 Å². The number of aromatic amines is 1. The van der Waals surface area contributed by atoms with Crippen LogP contribution in [-0.4, -0.2) is 30.1 Å². The summed E-state index contributed by atoms with van der Waals surface area (Å²) in [6, 6.07) is 17.4. The summed E-state index contributed by atoms with van der Waals surface area (Å²) < 4.78 is 7.73. The van der Waals surface area contributed by atoms with Crippen LogP contribution in [0.25, 0.3) is 10.9 Å². The second-order valence-electron chi connectivity index (χ2n) is 10.5. The number of furan rings is 1. The minimum Gasteiger partial charge on any atom is -0.468 e. The maximum atomic E-state index is 13.9. The molecular weight excluding hydrogens is 512 g/mol. The molecule has 2 aromatic carbocycles. The Morgan fingerprint density at radius 2 is 1.85 bits per heavy atom. The Morgan fingerprint density at radius 3 is 2.59 bits per heavy atom. The number of H-pyrrole nitrogens is 1. The normalized spacial score (nSPS) is 15.0. The summed E-state index contributed by atoms with van der Waals surface area (Å²) in [5.41, 5.74) is 4.49. The molecule has 3 heterocycles. The molecule has 1 aliphatic carbocycles. The van der Waals surface area contributed by atoms with Gasteiger partial charge in [-0.1, -0.05) is 48.7 Å². The van der Waals surface area contributed by atoms with Gasteiger partial charge < -0.3 is 9.40 Å². The molecule has 0 radical (unpaired) electrons. The summed E-state index contributed by atoms with van der Waals surface area (Å²) >= 11 is 6.20. The molecule has 0 saturated heterocycles. The van der Waals surface area contributed by atoms with E-state index in [2.05, 4.69) is 38.4 Å². The maximum absolute atomic E-state index is 13.9. The number of hydrogen-bond donors (Lipinski definition) is 1. The van der Waals surface area contributed by atoms with E-state index < -0.39 is 6.04 Å². The van der Waals surface area contributed by atoms with Gasteiger partial charge in [-0.25, -0.2) is 4.68 Å². The van der Waals surface area contributed by atoms with Gasteiger partial charge in [0, 0.05) is 22.5 Å². The predicted octanol–water partition coefficient (Wildman–Crippen LogP) is 6.28. The summed E-state index contributed by atoms with van der Waals surface area (Å²) in [6.07, 6.45) is 6.00. The summed E-state index contributed by atoms with van der Waals surface area (Å²) in [5.74, 6) is 1.45. The Balaban J connectivity index is 1.55. The quantitative estimate of drug-likeness (QED) is 0.248. The highest BCUT2D eigenvalue weighted by Crippen LogP contribution is 2.35. The van der Waals surface area contributed by atoms with E-state index in [0.29, 0.717) is 29.5 Å². The van der Waals surface area contributed by atoms with Crippen LogP contribution in [0.15, 0.2) is 70.1 Å². The lowest BCUT2D eigenvalue weighted by atomic mass is 9.98. The largest absolute Gasteiger partial charge is 0.468 e. The molecule has 9 heteroatoms. The lowest BCUT2D eigenvalue weighted by molar-refractivity contribution is 0.176. The van der Waals surface area contributed by atoms with Gasteiger partial charge in [-0.3, -0.25) is 9.69 Å². The molecule has 0 aliphatic heterocycles. The SMILES string of the molecule is Cc1ccc(C)c2[nH]c(=O)c([C@H](c3nnnn3C3CCCC3)N(Cc3ccc(Cl)cc3)Cc3ccco3)cc12. The lowest BCUT2D eigenvalue weighted by Crippen LogP contribution is -2.35. The van der Waals surface area contributed by atoms with Crippen LogP contribution in [0.5, 0.6) is 0 Å². The monoisotopic (exact) mass is 542 g/mol. The first kappa shape index (κ1) is 25.5. The third kappa shape index (κ3) is 5.14. The number of halogens is 1. The van der Waals surface area contributed by atoms with Crippen LogP contribution in [0.3, 0.4) is 0 Å². The van der Waals surface area contributed by atoms with Crippen molar-refractivity contribution >= 4 is 22.5 Å².